The van der Waals surface area contributed by atoms with E-state index in [0.717, 1.165) is 19.3 Å². The first-order chi connectivity index (χ1) is 11.5. The van der Waals surface area contributed by atoms with E-state index in [1.165, 1.54) is 6.08 Å². The number of nitrogens with one attached hydrogen (secondary N) is 2. The molecule has 0 aliphatic heterocycles. The van der Waals surface area contributed by atoms with Crippen molar-refractivity contribution in [3.8, 4) is 0 Å². The van der Waals surface area contributed by atoms with E-state index in [0.29, 0.717) is 35.0 Å². The molecule has 0 unspecified atom stereocenters. The van der Waals surface area contributed by atoms with Gasteiger partial charge < -0.3 is 10.6 Å². The van der Waals surface area contributed by atoms with Gasteiger partial charge in [-0.1, -0.05) is 42.5 Å². The lowest BCUT2D eigenvalue weighted by atomic mass is 9.80. The zero-order valence-electron chi connectivity index (χ0n) is 13.7. The number of hydrogen-bond acceptors (Lipinski definition) is 2. The van der Waals surface area contributed by atoms with Crippen LogP contribution in [0.15, 0.2) is 24.3 Å². The molecule has 0 aromatic heterocycles. The molecule has 1 aliphatic rings. The van der Waals surface area contributed by atoms with E-state index in [1.54, 1.807) is 24.3 Å². The highest BCUT2D eigenvalue weighted by atomic mass is 35.5. The number of likely N-dealkylation sites (N-methyl/N-ethyl adjacent to an activating group) is 1. The van der Waals surface area contributed by atoms with Crippen LogP contribution in [0.2, 0.25) is 10.0 Å². The number of amides is 2. The molecule has 4 nitrogen and oxygen atoms in total. The summed E-state index contributed by atoms with van der Waals surface area (Å²) in [5, 5.41) is 6.80. The topological polar surface area (TPSA) is 58.2 Å². The smallest absolute Gasteiger partial charge is 0.245 e. The molecule has 0 atom stereocenters. The molecule has 1 aromatic carbocycles. The summed E-state index contributed by atoms with van der Waals surface area (Å²) in [6.07, 6.45) is 7.28. The number of carbonyl (C=O) groups is 2. The molecular formula is C18H22Cl2N2O2. The molecule has 24 heavy (non-hydrogen) atoms. The lowest BCUT2D eigenvalue weighted by Gasteiger charge is -2.36. The zero-order valence-corrected chi connectivity index (χ0v) is 15.2. The molecule has 130 valence electrons. The Kier molecular flexibility index (Phi) is 6.69. The van der Waals surface area contributed by atoms with Gasteiger partial charge in [-0.15, -0.1) is 0 Å². The van der Waals surface area contributed by atoms with Crippen LogP contribution < -0.4 is 10.6 Å². The molecule has 6 heteroatoms. The summed E-state index contributed by atoms with van der Waals surface area (Å²) in [6.45, 7) is 2.42. The number of carbonyl (C=O) groups excluding carboxylic acids is 2. The van der Waals surface area contributed by atoms with Crippen LogP contribution in [-0.2, 0) is 9.59 Å². The average Bonchev–Trinajstić information content (AvgIpc) is 2.57. The van der Waals surface area contributed by atoms with Gasteiger partial charge in [0.15, 0.2) is 0 Å². The van der Waals surface area contributed by atoms with Gasteiger partial charge in [0.05, 0.1) is 0 Å². The van der Waals surface area contributed by atoms with Gasteiger partial charge in [0.25, 0.3) is 0 Å². The van der Waals surface area contributed by atoms with E-state index >= 15 is 0 Å². The number of rotatable bonds is 5. The third kappa shape index (κ3) is 4.74. The van der Waals surface area contributed by atoms with Crippen molar-refractivity contribution in [2.45, 2.75) is 44.6 Å². The molecule has 1 saturated carbocycles. The van der Waals surface area contributed by atoms with Crippen molar-refractivity contribution in [2.75, 3.05) is 6.54 Å². The zero-order chi connectivity index (χ0) is 17.6. The van der Waals surface area contributed by atoms with Crippen molar-refractivity contribution in [1.82, 2.24) is 10.6 Å². The van der Waals surface area contributed by atoms with Crippen LogP contribution in [0.25, 0.3) is 6.08 Å². The molecule has 0 spiro atoms. The van der Waals surface area contributed by atoms with Gasteiger partial charge in [-0.05, 0) is 49.6 Å². The van der Waals surface area contributed by atoms with Gasteiger partial charge in [0, 0.05) is 22.7 Å². The summed E-state index contributed by atoms with van der Waals surface area (Å²) in [6, 6.07) is 5.06. The summed E-state index contributed by atoms with van der Waals surface area (Å²) in [5.41, 5.74) is -0.150. The molecule has 1 aromatic rings. The van der Waals surface area contributed by atoms with E-state index in [4.69, 9.17) is 23.2 Å². The van der Waals surface area contributed by atoms with Crippen molar-refractivity contribution in [1.29, 1.82) is 0 Å². The van der Waals surface area contributed by atoms with Gasteiger partial charge in [0.1, 0.15) is 5.54 Å². The van der Waals surface area contributed by atoms with Crippen LogP contribution in [0.3, 0.4) is 0 Å². The normalized spacial score (nSPS) is 16.8. The summed E-state index contributed by atoms with van der Waals surface area (Å²) in [5.74, 6) is -0.411. The van der Waals surface area contributed by atoms with Crippen LogP contribution >= 0.6 is 23.2 Å². The molecule has 0 bridgehead atoms. The maximum atomic E-state index is 12.4. The summed E-state index contributed by atoms with van der Waals surface area (Å²) in [7, 11) is 0. The minimum atomic E-state index is -0.812. The van der Waals surface area contributed by atoms with E-state index in [1.807, 2.05) is 6.92 Å². The number of hydrogen-bond donors (Lipinski definition) is 2. The maximum absolute atomic E-state index is 12.4. The maximum Gasteiger partial charge on any atom is 0.245 e. The highest BCUT2D eigenvalue weighted by molar-refractivity contribution is 6.34. The minimum absolute atomic E-state index is 0.104. The number of benzene rings is 1. The summed E-state index contributed by atoms with van der Waals surface area (Å²) in [4.78, 5) is 24.8. The van der Waals surface area contributed by atoms with E-state index < -0.39 is 5.54 Å². The Hall–Kier alpha value is -1.52. The highest BCUT2D eigenvalue weighted by Crippen LogP contribution is 2.28. The van der Waals surface area contributed by atoms with E-state index in [2.05, 4.69) is 10.6 Å². The fraction of sp³-hybridized carbons (Fsp3) is 0.444. The Labute approximate surface area is 152 Å². The lowest BCUT2D eigenvalue weighted by molar-refractivity contribution is -0.133. The SMILES string of the molecule is CCNC(=O)C1(NC(=O)/C=C/c2cc(Cl)ccc2Cl)CCCCC1. The lowest BCUT2D eigenvalue weighted by Crippen LogP contribution is -2.59. The molecule has 1 aliphatic carbocycles. The van der Waals surface area contributed by atoms with Gasteiger partial charge in [0.2, 0.25) is 11.8 Å². The second kappa shape index (κ2) is 8.54. The second-order valence-corrected chi connectivity index (χ2v) is 6.83. The molecule has 0 heterocycles. The molecule has 2 amide bonds. The summed E-state index contributed by atoms with van der Waals surface area (Å²) < 4.78 is 0. The van der Waals surface area contributed by atoms with Crippen molar-refractivity contribution >= 4 is 41.1 Å². The van der Waals surface area contributed by atoms with Gasteiger partial charge in [-0.2, -0.15) is 0 Å². The fourth-order valence-electron chi connectivity index (χ4n) is 2.98. The molecule has 2 rings (SSSR count). The first-order valence-electron chi connectivity index (χ1n) is 8.20. The van der Waals surface area contributed by atoms with Crippen LogP contribution in [-0.4, -0.2) is 23.9 Å². The first kappa shape index (κ1) is 18.8. The predicted octanol–water partition coefficient (Wildman–Crippen LogP) is 3.96. The van der Waals surface area contributed by atoms with Gasteiger partial charge >= 0.3 is 0 Å². The molecule has 1 fully saturated rings. The summed E-state index contributed by atoms with van der Waals surface area (Å²) >= 11 is 12.0. The molecular weight excluding hydrogens is 347 g/mol. The largest absolute Gasteiger partial charge is 0.354 e. The Bertz CT molecular complexity index is 638. The molecule has 2 N–H and O–H groups in total. The Balaban J connectivity index is 2.11. The average molecular weight is 369 g/mol. The van der Waals surface area contributed by atoms with Crippen LogP contribution in [0, 0.1) is 0 Å². The standard InChI is InChI=1S/C18H22Cl2N2O2/c1-2-21-17(24)18(10-4-3-5-11-18)22-16(23)9-6-13-12-14(19)7-8-15(13)20/h6-9,12H,2-5,10-11H2,1H3,(H,21,24)(H,22,23)/b9-6+. The van der Waals surface area contributed by atoms with Crippen molar-refractivity contribution in [3.63, 3.8) is 0 Å². The number of halogens is 2. The minimum Gasteiger partial charge on any atom is -0.354 e. The fourth-order valence-corrected chi connectivity index (χ4v) is 3.34. The van der Waals surface area contributed by atoms with E-state index in [9.17, 15) is 9.59 Å². The molecule has 0 saturated heterocycles. The van der Waals surface area contributed by atoms with Crippen LogP contribution in [0.1, 0.15) is 44.6 Å². The third-order valence-corrected chi connectivity index (χ3v) is 4.79. The molecule has 0 radical (unpaired) electrons. The Morgan fingerprint density at radius 3 is 2.58 bits per heavy atom. The first-order valence-corrected chi connectivity index (χ1v) is 8.96. The van der Waals surface area contributed by atoms with Crippen LogP contribution in [0.4, 0.5) is 0 Å². The van der Waals surface area contributed by atoms with Gasteiger partial charge in [-0.25, -0.2) is 0 Å². The van der Waals surface area contributed by atoms with Crippen molar-refractivity contribution < 1.29 is 9.59 Å². The monoisotopic (exact) mass is 368 g/mol. The highest BCUT2D eigenvalue weighted by Gasteiger charge is 2.40. The quantitative estimate of drug-likeness (QED) is 0.772. The van der Waals surface area contributed by atoms with Crippen LogP contribution in [0.5, 0.6) is 0 Å². The van der Waals surface area contributed by atoms with Gasteiger partial charge in [-0.3, -0.25) is 9.59 Å². The van der Waals surface area contributed by atoms with Crippen molar-refractivity contribution in [2.24, 2.45) is 0 Å². The van der Waals surface area contributed by atoms with Crippen molar-refractivity contribution in [3.05, 3.63) is 39.9 Å². The van der Waals surface area contributed by atoms with E-state index in [-0.39, 0.29) is 11.8 Å². The Morgan fingerprint density at radius 1 is 1.21 bits per heavy atom. The predicted molar refractivity (Wildman–Crippen MR) is 98.1 cm³/mol. The Morgan fingerprint density at radius 2 is 1.92 bits per heavy atom. The third-order valence-electron chi connectivity index (χ3n) is 4.21. The second-order valence-electron chi connectivity index (χ2n) is 5.99.